The van der Waals surface area contributed by atoms with Crippen molar-refractivity contribution in [1.29, 1.82) is 0 Å². The third-order valence-corrected chi connectivity index (χ3v) is 1.82. The Morgan fingerprint density at radius 3 is 2.36 bits per heavy atom. The SMILES string of the molecule is CCCOCCCC(=O)CC(C)(C)C. The average Bonchev–Trinajstić information content (AvgIpc) is 2.00. The van der Waals surface area contributed by atoms with Crippen LogP contribution in [0.25, 0.3) is 0 Å². The van der Waals surface area contributed by atoms with Crippen molar-refractivity contribution in [2.45, 2.75) is 53.4 Å². The number of hydrogen-bond acceptors (Lipinski definition) is 2. The molecule has 0 aliphatic rings. The Balaban J connectivity index is 3.36. The molecule has 0 heterocycles. The fraction of sp³-hybridized carbons (Fsp3) is 0.917. The normalized spacial score (nSPS) is 11.7. The van der Waals surface area contributed by atoms with E-state index in [0.717, 1.165) is 26.1 Å². The molecular weight excluding hydrogens is 176 g/mol. The quantitative estimate of drug-likeness (QED) is 0.590. The first kappa shape index (κ1) is 13.6. The summed E-state index contributed by atoms with van der Waals surface area (Å²) in [5, 5.41) is 0. The van der Waals surface area contributed by atoms with Crippen molar-refractivity contribution in [2.75, 3.05) is 13.2 Å². The molecule has 0 N–H and O–H groups in total. The maximum absolute atomic E-state index is 11.4. The second-order valence-electron chi connectivity index (χ2n) is 4.99. The summed E-state index contributed by atoms with van der Waals surface area (Å²) in [5.74, 6) is 0.359. The third kappa shape index (κ3) is 9.72. The van der Waals surface area contributed by atoms with Gasteiger partial charge < -0.3 is 4.74 Å². The first-order valence-corrected chi connectivity index (χ1v) is 5.55. The highest BCUT2D eigenvalue weighted by atomic mass is 16.5. The number of rotatable bonds is 7. The smallest absolute Gasteiger partial charge is 0.133 e. The summed E-state index contributed by atoms with van der Waals surface area (Å²) in [4.78, 5) is 11.4. The van der Waals surface area contributed by atoms with Crippen LogP contribution in [0.15, 0.2) is 0 Å². The van der Waals surface area contributed by atoms with Gasteiger partial charge in [-0.05, 0) is 18.3 Å². The van der Waals surface area contributed by atoms with E-state index in [9.17, 15) is 4.79 Å². The van der Waals surface area contributed by atoms with Crippen LogP contribution in [0.1, 0.15) is 53.4 Å². The molecule has 84 valence electrons. The molecule has 0 aliphatic heterocycles. The molecule has 0 radical (unpaired) electrons. The van der Waals surface area contributed by atoms with Crippen LogP contribution in [0.4, 0.5) is 0 Å². The molecule has 0 fully saturated rings. The van der Waals surface area contributed by atoms with Crippen LogP contribution in [0.5, 0.6) is 0 Å². The van der Waals surface area contributed by atoms with E-state index in [4.69, 9.17) is 4.74 Å². The topological polar surface area (TPSA) is 26.3 Å². The molecule has 0 saturated carbocycles. The van der Waals surface area contributed by atoms with E-state index >= 15 is 0 Å². The molecule has 0 unspecified atom stereocenters. The standard InChI is InChI=1S/C12H24O2/c1-5-8-14-9-6-7-11(13)10-12(2,3)4/h5-10H2,1-4H3. The van der Waals surface area contributed by atoms with Gasteiger partial charge >= 0.3 is 0 Å². The first-order chi connectivity index (χ1) is 6.45. The predicted molar refractivity (Wildman–Crippen MR) is 59.4 cm³/mol. The number of hydrogen-bond donors (Lipinski definition) is 0. The molecule has 0 aromatic rings. The summed E-state index contributed by atoms with van der Waals surface area (Å²) in [6, 6.07) is 0. The van der Waals surface area contributed by atoms with Crippen molar-refractivity contribution in [3.05, 3.63) is 0 Å². The van der Waals surface area contributed by atoms with E-state index in [1.54, 1.807) is 0 Å². The molecule has 0 spiro atoms. The fourth-order valence-corrected chi connectivity index (χ4v) is 1.30. The molecule has 0 atom stereocenters. The minimum Gasteiger partial charge on any atom is -0.381 e. The lowest BCUT2D eigenvalue weighted by Crippen LogP contribution is -2.13. The van der Waals surface area contributed by atoms with Crippen molar-refractivity contribution < 1.29 is 9.53 Å². The van der Waals surface area contributed by atoms with Crippen molar-refractivity contribution in [3.63, 3.8) is 0 Å². The maximum atomic E-state index is 11.4. The monoisotopic (exact) mass is 200 g/mol. The second-order valence-corrected chi connectivity index (χ2v) is 4.99. The van der Waals surface area contributed by atoms with Gasteiger partial charge in [-0.15, -0.1) is 0 Å². The van der Waals surface area contributed by atoms with Gasteiger partial charge in [-0.3, -0.25) is 4.79 Å². The van der Waals surface area contributed by atoms with Gasteiger partial charge in [0.25, 0.3) is 0 Å². The van der Waals surface area contributed by atoms with E-state index in [1.165, 1.54) is 0 Å². The number of ketones is 1. The lowest BCUT2D eigenvalue weighted by atomic mass is 9.89. The lowest BCUT2D eigenvalue weighted by Gasteiger charge is -2.16. The molecule has 0 rings (SSSR count). The van der Waals surface area contributed by atoms with Crippen molar-refractivity contribution in [2.24, 2.45) is 5.41 Å². The largest absolute Gasteiger partial charge is 0.381 e. The maximum Gasteiger partial charge on any atom is 0.133 e. The predicted octanol–water partition coefficient (Wildman–Crippen LogP) is 3.20. The minimum atomic E-state index is 0.126. The Kier molecular flexibility index (Phi) is 6.81. The van der Waals surface area contributed by atoms with E-state index in [2.05, 4.69) is 27.7 Å². The molecule has 0 aliphatic carbocycles. The van der Waals surface area contributed by atoms with Crippen LogP contribution in [0.3, 0.4) is 0 Å². The summed E-state index contributed by atoms with van der Waals surface area (Å²) in [6.07, 6.45) is 3.27. The van der Waals surface area contributed by atoms with Gasteiger partial charge in [0.2, 0.25) is 0 Å². The Hall–Kier alpha value is -0.370. The van der Waals surface area contributed by atoms with Crippen LogP contribution in [-0.2, 0) is 9.53 Å². The molecule has 2 nitrogen and oxygen atoms in total. The van der Waals surface area contributed by atoms with Gasteiger partial charge in [0.15, 0.2) is 0 Å². The van der Waals surface area contributed by atoms with Crippen LogP contribution in [-0.4, -0.2) is 19.0 Å². The Morgan fingerprint density at radius 2 is 1.86 bits per heavy atom. The van der Waals surface area contributed by atoms with E-state index in [0.29, 0.717) is 18.6 Å². The molecule has 0 amide bonds. The van der Waals surface area contributed by atoms with Crippen molar-refractivity contribution in [1.82, 2.24) is 0 Å². The van der Waals surface area contributed by atoms with Gasteiger partial charge in [0.05, 0.1) is 0 Å². The van der Waals surface area contributed by atoms with Crippen LogP contribution < -0.4 is 0 Å². The molecule has 0 bridgehead atoms. The summed E-state index contributed by atoms with van der Waals surface area (Å²) in [6.45, 7) is 9.91. The lowest BCUT2D eigenvalue weighted by molar-refractivity contribution is -0.121. The van der Waals surface area contributed by atoms with Gasteiger partial charge in [0.1, 0.15) is 5.78 Å². The van der Waals surface area contributed by atoms with Gasteiger partial charge in [0, 0.05) is 26.1 Å². The zero-order chi connectivity index (χ0) is 11.0. The average molecular weight is 200 g/mol. The molecular formula is C12H24O2. The Bertz CT molecular complexity index is 156. The summed E-state index contributed by atoms with van der Waals surface area (Å²) >= 11 is 0. The highest BCUT2D eigenvalue weighted by molar-refractivity contribution is 5.78. The van der Waals surface area contributed by atoms with Gasteiger partial charge in [-0.2, -0.15) is 0 Å². The Morgan fingerprint density at radius 1 is 1.21 bits per heavy atom. The van der Waals surface area contributed by atoms with E-state index in [-0.39, 0.29) is 5.41 Å². The summed E-state index contributed by atoms with van der Waals surface area (Å²) in [5.41, 5.74) is 0.126. The minimum absolute atomic E-state index is 0.126. The van der Waals surface area contributed by atoms with Crippen LogP contribution in [0, 0.1) is 5.41 Å². The van der Waals surface area contributed by atoms with Gasteiger partial charge in [-0.1, -0.05) is 27.7 Å². The molecule has 2 heteroatoms. The molecule has 14 heavy (non-hydrogen) atoms. The molecule has 0 aromatic heterocycles. The summed E-state index contributed by atoms with van der Waals surface area (Å²) < 4.78 is 5.31. The number of ether oxygens (including phenoxy) is 1. The fourth-order valence-electron chi connectivity index (χ4n) is 1.30. The second kappa shape index (κ2) is 6.99. The molecule has 0 saturated heterocycles. The zero-order valence-corrected chi connectivity index (χ0v) is 10.1. The number of carbonyl (C=O) groups excluding carboxylic acids is 1. The van der Waals surface area contributed by atoms with Crippen LogP contribution >= 0.6 is 0 Å². The summed E-state index contributed by atoms with van der Waals surface area (Å²) in [7, 11) is 0. The van der Waals surface area contributed by atoms with Crippen molar-refractivity contribution in [3.8, 4) is 0 Å². The third-order valence-electron chi connectivity index (χ3n) is 1.82. The molecule has 0 aromatic carbocycles. The van der Waals surface area contributed by atoms with Crippen LogP contribution in [0.2, 0.25) is 0 Å². The Labute approximate surface area is 88.0 Å². The van der Waals surface area contributed by atoms with Crippen molar-refractivity contribution >= 4 is 5.78 Å². The number of carbonyl (C=O) groups is 1. The highest BCUT2D eigenvalue weighted by Crippen LogP contribution is 2.19. The van der Waals surface area contributed by atoms with Gasteiger partial charge in [-0.25, -0.2) is 0 Å². The zero-order valence-electron chi connectivity index (χ0n) is 10.1. The highest BCUT2D eigenvalue weighted by Gasteiger charge is 2.15. The first-order valence-electron chi connectivity index (χ1n) is 5.55. The van der Waals surface area contributed by atoms with E-state index in [1.807, 2.05) is 0 Å². The van der Waals surface area contributed by atoms with E-state index < -0.39 is 0 Å². The number of Topliss-reactive ketones (excluding diaryl/α,β-unsaturated/α-hetero) is 1.